The average Bonchev–Trinajstić information content (AvgIpc) is 3.64. The lowest BCUT2D eigenvalue weighted by molar-refractivity contribution is -0.126. The van der Waals surface area contributed by atoms with Gasteiger partial charge in [0, 0.05) is 42.9 Å². The number of benzene rings is 1. The second-order valence-electron chi connectivity index (χ2n) is 10.8. The van der Waals surface area contributed by atoms with Gasteiger partial charge < -0.3 is 15.0 Å². The number of aryl methyl sites for hydroxylation is 1. The molecule has 0 radical (unpaired) electrons. The molecule has 1 aromatic carbocycles. The van der Waals surface area contributed by atoms with Crippen molar-refractivity contribution in [3.8, 4) is 0 Å². The monoisotopic (exact) mass is 560 g/mol. The number of nitrogens with zero attached hydrogens (tertiary/aromatic N) is 5. The van der Waals surface area contributed by atoms with E-state index >= 15 is 0 Å². The van der Waals surface area contributed by atoms with Gasteiger partial charge in [0.25, 0.3) is 0 Å². The second kappa shape index (κ2) is 9.90. The van der Waals surface area contributed by atoms with Crippen molar-refractivity contribution in [2.24, 2.45) is 5.41 Å². The molecule has 0 bridgehead atoms. The number of alkyl halides is 3. The van der Waals surface area contributed by atoms with Crippen LogP contribution >= 0.6 is 11.3 Å². The maximum absolute atomic E-state index is 13.1. The molecule has 0 amide bonds. The van der Waals surface area contributed by atoms with Crippen molar-refractivity contribution in [1.82, 2.24) is 24.4 Å². The molecule has 0 aliphatic carbocycles. The van der Waals surface area contributed by atoms with Gasteiger partial charge in [-0.15, -0.1) is 11.3 Å². The van der Waals surface area contributed by atoms with Crippen LogP contribution in [0.2, 0.25) is 0 Å². The molecule has 1 spiro atoms. The van der Waals surface area contributed by atoms with Gasteiger partial charge in [0.05, 0.1) is 36.0 Å². The average molecular weight is 561 g/mol. The van der Waals surface area contributed by atoms with Crippen molar-refractivity contribution in [3.63, 3.8) is 0 Å². The van der Waals surface area contributed by atoms with Crippen LogP contribution in [0.5, 0.6) is 0 Å². The highest BCUT2D eigenvalue weighted by Crippen LogP contribution is 2.43. The maximum atomic E-state index is 13.1. The third kappa shape index (κ3) is 5.17. The number of H-pyrrole nitrogens is 1. The number of imidazole rings is 1. The number of fused-ring (bicyclic) bond motifs is 2. The topological polar surface area (TPSA) is 90.3 Å². The lowest BCUT2D eigenvalue weighted by Gasteiger charge is -2.25. The van der Waals surface area contributed by atoms with Crippen LogP contribution in [0.25, 0.3) is 21.3 Å². The molecule has 2 aliphatic heterocycles. The molecule has 4 aromatic rings. The smallest absolute Gasteiger partial charge is 0.393 e. The van der Waals surface area contributed by atoms with Gasteiger partial charge >= 0.3 is 11.9 Å². The molecule has 2 aliphatic rings. The van der Waals surface area contributed by atoms with E-state index in [2.05, 4.69) is 19.8 Å². The number of aliphatic hydroxyl groups is 1. The van der Waals surface area contributed by atoms with E-state index in [4.69, 9.17) is 4.98 Å². The standard InChI is InChI=1S/C27H31F3N6O2S/c1-2-22-32-23(19-12-18(13-27(28,29)30)39-24(19)33-22)35-8-6-26(16-35)5-7-34(15-26)14-17-3-4-21-20(11-17)31-25(38)36(21)9-10-37/h3-4,11-12,37H,2,5-10,13-16H2,1H3,(H,31,38). The second-order valence-corrected chi connectivity index (χ2v) is 11.9. The van der Waals surface area contributed by atoms with Gasteiger partial charge in [0.1, 0.15) is 16.5 Å². The molecular formula is C27H31F3N6O2S. The van der Waals surface area contributed by atoms with Crippen molar-refractivity contribution in [2.75, 3.05) is 37.7 Å². The summed E-state index contributed by atoms with van der Waals surface area (Å²) in [5, 5.41) is 9.97. The van der Waals surface area contributed by atoms with Crippen molar-refractivity contribution < 1.29 is 18.3 Å². The predicted octanol–water partition coefficient (Wildman–Crippen LogP) is 4.10. The maximum Gasteiger partial charge on any atom is 0.393 e. The number of aromatic amines is 1. The molecule has 5 heterocycles. The predicted molar refractivity (Wildman–Crippen MR) is 145 cm³/mol. The Morgan fingerprint density at radius 2 is 1.97 bits per heavy atom. The Balaban J connectivity index is 1.19. The largest absolute Gasteiger partial charge is 0.395 e. The molecule has 12 heteroatoms. The summed E-state index contributed by atoms with van der Waals surface area (Å²) in [6, 6.07) is 7.60. The van der Waals surface area contributed by atoms with Gasteiger partial charge in [-0.05, 0) is 43.1 Å². The van der Waals surface area contributed by atoms with E-state index in [9.17, 15) is 23.1 Å². The highest BCUT2D eigenvalue weighted by molar-refractivity contribution is 7.18. The molecule has 6 rings (SSSR count). The molecule has 1 atom stereocenters. The first-order valence-electron chi connectivity index (χ1n) is 13.3. The first-order chi connectivity index (χ1) is 18.6. The van der Waals surface area contributed by atoms with Gasteiger partial charge in [0.15, 0.2) is 0 Å². The number of hydrogen-bond acceptors (Lipinski definition) is 7. The molecule has 1 unspecified atom stereocenters. The molecule has 208 valence electrons. The van der Waals surface area contributed by atoms with Gasteiger partial charge in [-0.25, -0.2) is 14.8 Å². The van der Waals surface area contributed by atoms with Gasteiger partial charge in [-0.3, -0.25) is 9.47 Å². The van der Waals surface area contributed by atoms with Crippen LogP contribution in [-0.4, -0.2) is 68.5 Å². The van der Waals surface area contributed by atoms with Crippen LogP contribution < -0.4 is 10.6 Å². The summed E-state index contributed by atoms with van der Waals surface area (Å²) in [5.41, 5.74) is 2.57. The quantitative estimate of drug-likeness (QED) is 0.354. The van der Waals surface area contributed by atoms with Crippen LogP contribution in [0, 0.1) is 5.41 Å². The van der Waals surface area contributed by atoms with Crippen LogP contribution in [0.15, 0.2) is 29.1 Å². The minimum absolute atomic E-state index is 0.0943. The Bertz CT molecular complexity index is 1580. The number of rotatable bonds is 7. The minimum atomic E-state index is -4.25. The number of halogens is 3. The van der Waals surface area contributed by atoms with Crippen molar-refractivity contribution in [2.45, 2.75) is 51.9 Å². The fraction of sp³-hybridized carbons (Fsp3) is 0.519. The number of aromatic nitrogens is 4. The summed E-state index contributed by atoms with van der Waals surface area (Å²) in [7, 11) is 0. The number of aliphatic hydroxyl groups excluding tert-OH is 1. The summed E-state index contributed by atoms with van der Waals surface area (Å²) in [6.45, 7) is 6.43. The molecule has 3 aromatic heterocycles. The summed E-state index contributed by atoms with van der Waals surface area (Å²) in [5.74, 6) is 1.42. The van der Waals surface area contributed by atoms with E-state index < -0.39 is 12.6 Å². The summed E-state index contributed by atoms with van der Waals surface area (Å²) >= 11 is 1.12. The van der Waals surface area contributed by atoms with Gasteiger partial charge in [-0.1, -0.05) is 13.0 Å². The summed E-state index contributed by atoms with van der Waals surface area (Å²) in [6.07, 6.45) is -2.52. The molecule has 2 saturated heterocycles. The number of nitrogens with one attached hydrogen (secondary N) is 1. The number of hydrogen-bond donors (Lipinski definition) is 2. The first kappa shape index (κ1) is 26.3. The van der Waals surface area contributed by atoms with Crippen molar-refractivity contribution >= 4 is 38.4 Å². The first-order valence-corrected chi connectivity index (χ1v) is 14.1. The summed E-state index contributed by atoms with van der Waals surface area (Å²) < 4.78 is 40.7. The van der Waals surface area contributed by atoms with E-state index in [1.165, 1.54) is 0 Å². The van der Waals surface area contributed by atoms with E-state index in [0.29, 0.717) is 17.1 Å². The Hall–Kier alpha value is -2.96. The van der Waals surface area contributed by atoms with E-state index in [0.717, 1.165) is 84.7 Å². The summed E-state index contributed by atoms with van der Waals surface area (Å²) in [4.78, 5) is 30.0. The van der Waals surface area contributed by atoms with E-state index in [-0.39, 0.29) is 29.1 Å². The van der Waals surface area contributed by atoms with Gasteiger partial charge in [0.2, 0.25) is 0 Å². The SMILES string of the molecule is CCc1nc(N2CCC3(CCN(Cc4ccc5c(c4)[nH]c(=O)n5CCO)C3)C2)c2cc(CC(F)(F)F)sc2n1. The lowest BCUT2D eigenvalue weighted by Crippen LogP contribution is -2.31. The minimum Gasteiger partial charge on any atom is -0.395 e. The Labute approximate surface area is 227 Å². The van der Waals surface area contributed by atoms with Crippen LogP contribution in [0.4, 0.5) is 19.0 Å². The molecule has 8 nitrogen and oxygen atoms in total. The fourth-order valence-electron chi connectivity index (χ4n) is 6.18. The van der Waals surface area contributed by atoms with Gasteiger partial charge in [-0.2, -0.15) is 13.2 Å². The third-order valence-corrected chi connectivity index (χ3v) is 9.01. The van der Waals surface area contributed by atoms with Crippen LogP contribution in [-0.2, 0) is 25.9 Å². The van der Waals surface area contributed by atoms with Crippen molar-refractivity contribution in [1.29, 1.82) is 0 Å². The van der Waals surface area contributed by atoms with E-state index in [1.54, 1.807) is 10.6 Å². The fourth-order valence-corrected chi connectivity index (χ4v) is 7.26. The van der Waals surface area contributed by atoms with Crippen molar-refractivity contribution in [3.05, 3.63) is 51.0 Å². The Morgan fingerprint density at radius 1 is 1.15 bits per heavy atom. The zero-order chi connectivity index (χ0) is 27.4. The number of anilines is 1. The molecule has 2 N–H and O–H groups in total. The third-order valence-electron chi connectivity index (χ3n) is 7.98. The zero-order valence-corrected chi connectivity index (χ0v) is 22.5. The highest BCUT2D eigenvalue weighted by Gasteiger charge is 2.44. The highest BCUT2D eigenvalue weighted by atomic mass is 32.1. The van der Waals surface area contributed by atoms with Crippen LogP contribution in [0.1, 0.15) is 36.0 Å². The Morgan fingerprint density at radius 3 is 2.74 bits per heavy atom. The number of thiophene rings is 1. The van der Waals surface area contributed by atoms with E-state index in [1.807, 2.05) is 25.1 Å². The normalized spacial score (nSPS) is 20.4. The molecule has 0 saturated carbocycles. The lowest BCUT2D eigenvalue weighted by atomic mass is 9.86. The molecule has 39 heavy (non-hydrogen) atoms. The number of likely N-dealkylation sites (tertiary alicyclic amines) is 1. The molecular weight excluding hydrogens is 529 g/mol. The molecule has 2 fully saturated rings. The Kier molecular flexibility index (Phi) is 6.67. The van der Waals surface area contributed by atoms with Crippen LogP contribution in [0.3, 0.4) is 0 Å². The zero-order valence-electron chi connectivity index (χ0n) is 21.7.